The van der Waals surface area contributed by atoms with Crippen LogP contribution in [0.3, 0.4) is 0 Å². The molecule has 0 aliphatic rings. The van der Waals surface area contributed by atoms with E-state index < -0.39 is 25.9 Å². The Bertz CT molecular complexity index is 986. The molecular weight excluding hydrogens is 490 g/mol. The third kappa shape index (κ3) is 11.7. The van der Waals surface area contributed by atoms with Crippen molar-refractivity contribution in [3.63, 3.8) is 0 Å². The number of hydrogen-bond acceptors (Lipinski definition) is 6. The number of hydrogen-bond donors (Lipinski definition) is 0. The quantitative estimate of drug-likeness (QED) is 0.188. The number of benzene rings is 1. The minimum atomic E-state index is -3.86. The van der Waals surface area contributed by atoms with Crippen molar-refractivity contribution >= 4 is 21.8 Å². The molecule has 0 saturated carbocycles. The van der Waals surface area contributed by atoms with Crippen LogP contribution in [0.1, 0.15) is 111 Å². The van der Waals surface area contributed by atoms with E-state index in [0.717, 1.165) is 5.56 Å². The standard InChI is InChI=1S/C29H46NO6S/c1-23-17-19-24(20-18-23)37(33,34)29(30-8,21-13-9-11-15-25(31)35-27(2,3)4)22-14-10-12-16-26(32)36-28(5,6)7/h8,17-20H,9-16,21-22H2,1-7H3/q+1. The zero-order chi connectivity index (χ0) is 28.3. The summed E-state index contributed by atoms with van der Waals surface area (Å²) >= 11 is 0. The fourth-order valence-electron chi connectivity index (χ4n) is 4.01. The molecule has 37 heavy (non-hydrogen) atoms. The van der Waals surface area contributed by atoms with E-state index in [-0.39, 0.29) is 42.5 Å². The topological polar surface area (TPSA) is 91.1 Å². The van der Waals surface area contributed by atoms with Gasteiger partial charge in [0.15, 0.2) is 0 Å². The molecule has 0 aliphatic heterocycles. The molecular formula is C29H46NO6S+. The highest BCUT2D eigenvalue weighted by atomic mass is 32.2. The summed E-state index contributed by atoms with van der Waals surface area (Å²) in [6.45, 7) is 18.7. The number of nitrogens with zero attached hydrogens (tertiary/aromatic N) is 1. The number of esters is 2. The highest BCUT2D eigenvalue weighted by Crippen LogP contribution is 2.37. The Kier molecular flexibility index (Phi) is 12.3. The predicted molar refractivity (Wildman–Crippen MR) is 147 cm³/mol. The summed E-state index contributed by atoms with van der Waals surface area (Å²) in [5, 5.41) is 0. The lowest BCUT2D eigenvalue weighted by Gasteiger charge is -2.20. The molecule has 0 amide bonds. The fraction of sp³-hybridized carbons (Fsp3) is 0.690. The molecule has 0 bridgehead atoms. The Balaban J connectivity index is 2.85. The summed E-state index contributed by atoms with van der Waals surface area (Å²) in [6, 6.07) is 6.71. The average molecular weight is 537 g/mol. The summed E-state index contributed by atoms with van der Waals surface area (Å²) in [5.74, 6) is -0.529. The first-order valence-electron chi connectivity index (χ1n) is 13.2. The van der Waals surface area contributed by atoms with Crippen LogP contribution in [-0.4, -0.2) is 36.4 Å². The van der Waals surface area contributed by atoms with Gasteiger partial charge in [-0.2, -0.15) is 0 Å². The lowest BCUT2D eigenvalue weighted by Crippen LogP contribution is -2.35. The third-order valence-electron chi connectivity index (χ3n) is 5.80. The van der Waals surface area contributed by atoms with Crippen LogP contribution in [-0.2, 0) is 28.9 Å². The lowest BCUT2D eigenvalue weighted by atomic mass is 10.0. The van der Waals surface area contributed by atoms with Gasteiger partial charge in [-0.25, -0.2) is 8.42 Å². The predicted octanol–water partition coefficient (Wildman–Crippen LogP) is 7.01. The maximum absolute atomic E-state index is 13.7. The zero-order valence-corrected chi connectivity index (χ0v) is 24.6. The molecule has 208 valence electrons. The third-order valence-corrected chi connectivity index (χ3v) is 8.21. The van der Waals surface area contributed by atoms with E-state index in [9.17, 15) is 18.0 Å². The second-order valence-electron chi connectivity index (χ2n) is 11.7. The molecule has 0 spiro atoms. The van der Waals surface area contributed by atoms with E-state index >= 15 is 0 Å². The van der Waals surface area contributed by atoms with Crippen molar-refractivity contribution in [2.45, 2.75) is 134 Å². The van der Waals surface area contributed by atoms with Crippen LogP contribution < -0.4 is 0 Å². The van der Waals surface area contributed by atoms with Crippen LogP contribution in [0.25, 0.3) is 4.85 Å². The van der Waals surface area contributed by atoms with Crippen molar-refractivity contribution in [1.29, 1.82) is 0 Å². The Morgan fingerprint density at radius 3 is 1.51 bits per heavy atom. The van der Waals surface area contributed by atoms with Gasteiger partial charge in [-0.3, -0.25) is 9.59 Å². The Morgan fingerprint density at radius 1 is 0.757 bits per heavy atom. The van der Waals surface area contributed by atoms with Crippen molar-refractivity contribution in [3.05, 3.63) is 34.7 Å². The van der Waals surface area contributed by atoms with Crippen molar-refractivity contribution in [2.24, 2.45) is 0 Å². The number of unbranched alkanes of at least 4 members (excludes halogenated alkanes) is 4. The molecule has 0 radical (unpaired) electrons. The first kappa shape index (κ1) is 32.6. The smallest absolute Gasteiger partial charge is 0.381 e. The monoisotopic (exact) mass is 536 g/mol. The van der Waals surface area contributed by atoms with Crippen molar-refractivity contribution in [1.82, 2.24) is 0 Å². The molecule has 1 aromatic carbocycles. The Hall–Kier alpha value is -2.40. The van der Waals surface area contributed by atoms with Gasteiger partial charge in [0.25, 0.3) is 16.4 Å². The van der Waals surface area contributed by atoms with E-state index in [4.69, 9.17) is 16.0 Å². The fourth-order valence-corrected chi connectivity index (χ4v) is 5.91. The van der Waals surface area contributed by atoms with E-state index in [1.165, 1.54) is 0 Å². The second-order valence-corrected chi connectivity index (χ2v) is 13.9. The number of sulfone groups is 1. The number of carbonyl (C=O) groups excluding carboxylic acids is 2. The van der Waals surface area contributed by atoms with E-state index in [0.29, 0.717) is 38.5 Å². The number of carbonyl (C=O) groups is 2. The van der Waals surface area contributed by atoms with Gasteiger partial charge in [-0.1, -0.05) is 35.4 Å². The maximum atomic E-state index is 13.7. The van der Waals surface area contributed by atoms with Gasteiger partial charge in [0, 0.05) is 25.7 Å². The van der Waals surface area contributed by atoms with Crippen LogP contribution >= 0.6 is 0 Å². The van der Waals surface area contributed by atoms with E-state index in [1.807, 2.05) is 48.5 Å². The highest BCUT2D eigenvalue weighted by molar-refractivity contribution is 7.93. The minimum absolute atomic E-state index is 0.190. The van der Waals surface area contributed by atoms with Crippen molar-refractivity contribution in [3.8, 4) is 6.57 Å². The summed E-state index contributed by atoms with van der Waals surface area (Å²) < 4.78 is 38.1. The van der Waals surface area contributed by atoms with Crippen LogP contribution in [0.4, 0.5) is 0 Å². The molecule has 0 heterocycles. The van der Waals surface area contributed by atoms with E-state index in [1.54, 1.807) is 24.3 Å². The molecule has 1 aromatic rings. The van der Waals surface area contributed by atoms with Gasteiger partial charge < -0.3 is 9.47 Å². The summed E-state index contributed by atoms with van der Waals surface area (Å²) in [7, 11) is -3.86. The van der Waals surface area contributed by atoms with Crippen molar-refractivity contribution < 1.29 is 27.5 Å². The number of ether oxygens (including phenoxy) is 2. The maximum Gasteiger partial charge on any atom is 0.381 e. The number of aryl methyl sites for hydroxylation is 1. The normalized spacial score (nSPS) is 12.6. The Labute approximate surface area is 224 Å². The van der Waals surface area contributed by atoms with Crippen LogP contribution in [0.15, 0.2) is 29.2 Å². The number of rotatable bonds is 14. The van der Waals surface area contributed by atoms with Gasteiger partial charge in [0.1, 0.15) is 11.2 Å². The van der Waals surface area contributed by atoms with Gasteiger partial charge in [-0.05, 0) is 86.3 Å². The van der Waals surface area contributed by atoms with Gasteiger partial charge >= 0.3 is 16.8 Å². The molecule has 8 heteroatoms. The molecule has 0 atom stereocenters. The summed E-state index contributed by atoms with van der Waals surface area (Å²) in [6.07, 6.45) is 4.64. The molecule has 7 nitrogen and oxygen atoms in total. The molecule has 0 saturated heterocycles. The molecule has 0 aliphatic carbocycles. The van der Waals surface area contributed by atoms with E-state index in [2.05, 4.69) is 4.85 Å². The van der Waals surface area contributed by atoms with Gasteiger partial charge in [-0.15, -0.1) is 0 Å². The van der Waals surface area contributed by atoms with Crippen LogP contribution in [0, 0.1) is 13.5 Å². The second kappa shape index (κ2) is 13.9. The first-order valence-corrected chi connectivity index (χ1v) is 14.7. The molecule has 0 unspecified atom stereocenters. The zero-order valence-electron chi connectivity index (χ0n) is 23.8. The molecule has 0 fully saturated rings. The molecule has 0 aromatic heterocycles. The first-order chi connectivity index (χ1) is 17.0. The highest BCUT2D eigenvalue weighted by Gasteiger charge is 2.53. The van der Waals surface area contributed by atoms with Gasteiger partial charge in [0.2, 0.25) is 0 Å². The largest absolute Gasteiger partial charge is 0.460 e. The van der Waals surface area contributed by atoms with Gasteiger partial charge in [0.05, 0.1) is 4.90 Å². The molecule has 0 N–H and O–H groups in total. The summed E-state index contributed by atoms with van der Waals surface area (Å²) in [4.78, 5) is 26.7. The lowest BCUT2D eigenvalue weighted by molar-refractivity contribution is -0.156. The summed E-state index contributed by atoms with van der Waals surface area (Å²) in [5.41, 5.74) is -0.106. The average Bonchev–Trinajstić information content (AvgIpc) is 2.75. The van der Waals surface area contributed by atoms with Crippen LogP contribution in [0.5, 0.6) is 0 Å². The SMILES string of the molecule is C#[N+]C(CCCCCC(=O)OC(C)(C)C)(CCCCCC(=O)OC(C)(C)C)S(=O)(=O)c1ccc(C)cc1. The van der Waals surface area contributed by atoms with Crippen molar-refractivity contribution in [2.75, 3.05) is 0 Å². The van der Waals surface area contributed by atoms with Crippen LogP contribution in [0.2, 0.25) is 0 Å². The molecule has 1 rings (SSSR count). The minimum Gasteiger partial charge on any atom is -0.460 e. The Morgan fingerprint density at radius 2 is 1.16 bits per heavy atom.